The minimum Gasteiger partial charge on any atom is -0.376 e. The van der Waals surface area contributed by atoms with E-state index >= 15 is 0 Å². The van der Waals surface area contributed by atoms with Gasteiger partial charge in [0.25, 0.3) is 0 Å². The van der Waals surface area contributed by atoms with Crippen LogP contribution in [0.5, 0.6) is 0 Å². The van der Waals surface area contributed by atoms with E-state index in [1.54, 1.807) is 13.8 Å². The monoisotopic (exact) mass is 285 g/mol. The van der Waals surface area contributed by atoms with Crippen LogP contribution in [-0.2, 0) is 16.2 Å². The summed E-state index contributed by atoms with van der Waals surface area (Å²) in [6.45, 7) is 4.86. The first-order valence-corrected chi connectivity index (χ1v) is 5.48. The Hall–Kier alpha value is -1.22. The molecule has 0 amide bonds. The van der Waals surface area contributed by atoms with Gasteiger partial charge in [0.15, 0.2) is 5.82 Å². The molecular weight excluding hydrogens is 270 g/mol. The van der Waals surface area contributed by atoms with Crippen molar-refractivity contribution >= 4 is 0 Å². The predicted octanol–water partition coefficient (Wildman–Crippen LogP) is 2.03. The number of aromatic nitrogens is 2. The molecule has 110 valence electrons. The molecule has 1 atom stereocenters. The molecule has 0 saturated heterocycles. The molecule has 2 N–H and O–H groups in total. The number of hydrogen-bond donors (Lipinski definition) is 1. The lowest BCUT2D eigenvalue weighted by molar-refractivity contribution is -0.152. The Labute approximate surface area is 107 Å². The van der Waals surface area contributed by atoms with Gasteiger partial charge in [0.2, 0.25) is 0 Å². The van der Waals surface area contributed by atoms with E-state index < -0.39 is 23.8 Å². The molecule has 1 aromatic heterocycles. The van der Waals surface area contributed by atoms with Crippen LogP contribution in [0.2, 0.25) is 0 Å². The van der Waals surface area contributed by atoms with Crippen LogP contribution in [0.15, 0.2) is 4.52 Å². The lowest BCUT2D eigenvalue weighted by atomic mass is 10.1. The number of nitrogens with two attached hydrogens (primary N) is 1. The van der Waals surface area contributed by atoms with E-state index in [0.717, 1.165) is 0 Å². The van der Waals surface area contributed by atoms with E-state index in [4.69, 9.17) is 10.5 Å². The standard InChI is InChI=1S/C10H15F4N3O2/c1-5(2)18-4-9(3,15)7-16-8(19-17-7)10(13,14)6(11)12/h5-6H,4,15H2,1-3H3. The molecule has 5 nitrogen and oxygen atoms in total. The number of hydrogen-bond acceptors (Lipinski definition) is 5. The SMILES string of the molecule is CC(C)OCC(C)(N)c1noc(C(F)(F)C(F)F)n1. The van der Waals surface area contributed by atoms with Crippen molar-refractivity contribution in [3.8, 4) is 0 Å². The highest BCUT2D eigenvalue weighted by Gasteiger charge is 2.49. The highest BCUT2D eigenvalue weighted by Crippen LogP contribution is 2.33. The van der Waals surface area contributed by atoms with Crippen LogP contribution in [-0.4, -0.2) is 29.3 Å². The molecular formula is C10H15F4N3O2. The first kappa shape index (κ1) is 15.8. The summed E-state index contributed by atoms with van der Waals surface area (Å²) >= 11 is 0. The predicted molar refractivity (Wildman–Crippen MR) is 56.8 cm³/mol. The molecule has 0 aliphatic rings. The summed E-state index contributed by atoms with van der Waals surface area (Å²) in [5.41, 5.74) is 4.46. The second kappa shape index (κ2) is 5.41. The Kier molecular flexibility index (Phi) is 4.51. The summed E-state index contributed by atoms with van der Waals surface area (Å²) in [6, 6.07) is 0. The van der Waals surface area contributed by atoms with Crippen molar-refractivity contribution in [1.82, 2.24) is 10.1 Å². The molecule has 9 heteroatoms. The minimum atomic E-state index is -4.50. The number of ether oxygens (including phenoxy) is 1. The van der Waals surface area contributed by atoms with Crippen LogP contribution in [0.4, 0.5) is 17.6 Å². The van der Waals surface area contributed by atoms with Gasteiger partial charge in [-0.3, -0.25) is 0 Å². The normalized spacial score (nSPS) is 16.1. The smallest absolute Gasteiger partial charge is 0.376 e. The molecule has 1 aromatic rings. The third-order valence-corrected chi connectivity index (χ3v) is 2.21. The molecule has 0 saturated carbocycles. The molecule has 0 aromatic carbocycles. The lowest BCUT2D eigenvalue weighted by Gasteiger charge is -2.21. The van der Waals surface area contributed by atoms with Crippen LogP contribution in [0.25, 0.3) is 0 Å². The van der Waals surface area contributed by atoms with Crippen LogP contribution >= 0.6 is 0 Å². The van der Waals surface area contributed by atoms with Crippen molar-refractivity contribution < 1.29 is 26.8 Å². The Balaban J connectivity index is 2.90. The van der Waals surface area contributed by atoms with E-state index in [1.807, 2.05) is 0 Å². The summed E-state index contributed by atoms with van der Waals surface area (Å²) in [5, 5.41) is 3.21. The molecule has 1 rings (SSSR count). The molecule has 1 heterocycles. The maximum atomic E-state index is 13.0. The van der Waals surface area contributed by atoms with Gasteiger partial charge in [0.05, 0.1) is 12.7 Å². The average molecular weight is 285 g/mol. The van der Waals surface area contributed by atoms with Crippen molar-refractivity contribution in [3.63, 3.8) is 0 Å². The summed E-state index contributed by atoms with van der Waals surface area (Å²) in [7, 11) is 0. The van der Waals surface area contributed by atoms with Crippen molar-refractivity contribution in [2.24, 2.45) is 5.73 Å². The number of halogens is 4. The van der Waals surface area contributed by atoms with E-state index in [0.29, 0.717) is 0 Å². The molecule has 0 aliphatic heterocycles. The van der Waals surface area contributed by atoms with Gasteiger partial charge in [0, 0.05) is 0 Å². The van der Waals surface area contributed by atoms with Gasteiger partial charge in [-0.1, -0.05) is 5.16 Å². The number of nitrogens with zero attached hydrogens (tertiary/aromatic N) is 2. The van der Waals surface area contributed by atoms with Crippen LogP contribution in [0, 0.1) is 0 Å². The Morgan fingerprint density at radius 3 is 2.42 bits per heavy atom. The van der Waals surface area contributed by atoms with E-state index in [-0.39, 0.29) is 18.5 Å². The van der Waals surface area contributed by atoms with Crippen molar-refractivity contribution in [2.75, 3.05) is 6.61 Å². The topological polar surface area (TPSA) is 74.2 Å². The van der Waals surface area contributed by atoms with Crippen LogP contribution in [0.3, 0.4) is 0 Å². The molecule has 1 unspecified atom stereocenters. The summed E-state index contributed by atoms with van der Waals surface area (Å²) in [5.74, 6) is -6.28. The maximum absolute atomic E-state index is 13.0. The molecule has 0 aliphatic carbocycles. The quantitative estimate of drug-likeness (QED) is 0.809. The van der Waals surface area contributed by atoms with Crippen LogP contribution < -0.4 is 5.73 Å². The summed E-state index contributed by atoms with van der Waals surface area (Å²) in [4.78, 5) is 3.24. The van der Waals surface area contributed by atoms with Gasteiger partial charge in [-0.25, -0.2) is 8.78 Å². The Morgan fingerprint density at radius 1 is 1.37 bits per heavy atom. The molecule has 0 fully saturated rings. The fraction of sp³-hybridized carbons (Fsp3) is 0.800. The highest BCUT2D eigenvalue weighted by atomic mass is 19.3. The zero-order valence-corrected chi connectivity index (χ0v) is 10.7. The Bertz CT molecular complexity index is 421. The molecule has 19 heavy (non-hydrogen) atoms. The zero-order chi connectivity index (χ0) is 14.8. The summed E-state index contributed by atoms with van der Waals surface area (Å²) in [6.07, 6.45) is -4.08. The largest absolute Gasteiger partial charge is 0.383 e. The van der Waals surface area contributed by atoms with E-state index in [9.17, 15) is 17.6 Å². The van der Waals surface area contributed by atoms with Gasteiger partial charge < -0.3 is 15.0 Å². The molecule has 0 radical (unpaired) electrons. The van der Waals surface area contributed by atoms with Gasteiger partial charge in [0.1, 0.15) is 5.54 Å². The van der Waals surface area contributed by atoms with Gasteiger partial charge >= 0.3 is 18.2 Å². The van der Waals surface area contributed by atoms with Gasteiger partial charge in [-0.15, -0.1) is 0 Å². The highest BCUT2D eigenvalue weighted by molar-refractivity contribution is 5.04. The first-order chi connectivity index (χ1) is 8.57. The van der Waals surface area contributed by atoms with Gasteiger partial charge in [-0.2, -0.15) is 13.8 Å². The zero-order valence-electron chi connectivity index (χ0n) is 10.7. The second-order valence-electron chi connectivity index (χ2n) is 4.62. The fourth-order valence-electron chi connectivity index (χ4n) is 1.09. The molecule has 0 bridgehead atoms. The van der Waals surface area contributed by atoms with Crippen molar-refractivity contribution in [2.45, 2.75) is 44.8 Å². The molecule has 0 spiro atoms. The number of alkyl halides is 4. The van der Waals surface area contributed by atoms with Gasteiger partial charge in [-0.05, 0) is 20.8 Å². The third-order valence-electron chi connectivity index (χ3n) is 2.21. The van der Waals surface area contributed by atoms with Crippen molar-refractivity contribution in [1.29, 1.82) is 0 Å². The summed E-state index contributed by atoms with van der Waals surface area (Å²) < 4.78 is 59.6. The average Bonchev–Trinajstić information content (AvgIpc) is 2.76. The first-order valence-electron chi connectivity index (χ1n) is 5.48. The third kappa shape index (κ3) is 3.63. The van der Waals surface area contributed by atoms with E-state index in [1.165, 1.54) is 6.92 Å². The Morgan fingerprint density at radius 2 is 1.95 bits per heavy atom. The number of rotatable bonds is 6. The van der Waals surface area contributed by atoms with Crippen molar-refractivity contribution in [3.05, 3.63) is 11.7 Å². The minimum absolute atomic E-state index is 0.0656. The maximum Gasteiger partial charge on any atom is 0.383 e. The van der Waals surface area contributed by atoms with Crippen LogP contribution in [0.1, 0.15) is 32.5 Å². The second-order valence-corrected chi connectivity index (χ2v) is 4.62. The fourth-order valence-corrected chi connectivity index (χ4v) is 1.09. The van der Waals surface area contributed by atoms with E-state index in [2.05, 4.69) is 14.7 Å². The lowest BCUT2D eigenvalue weighted by Crippen LogP contribution is -2.40.